The van der Waals surface area contributed by atoms with Crippen LogP contribution in [-0.2, 0) is 28.5 Å². The minimum Gasteiger partial charge on any atom is -0.331 e. The molecule has 0 amide bonds. The van der Waals surface area contributed by atoms with Crippen LogP contribution >= 0.6 is 8.25 Å². The lowest BCUT2D eigenvalue weighted by atomic mass is 10.0. The maximum atomic E-state index is 12.2. The summed E-state index contributed by atoms with van der Waals surface area (Å²) in [6.45, 7) is 3.60. The Morgan fingerprint density at radius 2 is 1.06 bits per heavy atom. The van der Waals surface area contributed by atoms with Gasteiger partial charge in [-0.3, -0.25) is 0 Å². The minimum atomic E-state index is -3.09. The van der Waals surface area contributed by atoms with E-state index in [-0.39, 0.29) is 18.1 Å². The lowest BCUT2D eigenvalue weighted by Gasteiger charge is -2.23. The number of rotatable bonds is 28. The summed E-state index contributed by atoms with van der Waals surface area (Å²) in [5, 5.41) is 0. The summed E-state index contributed by atoms with van der Waals surface area (Å²) >= 11 is 0. The summed E-state index contributed by atoms with van der Waals surface area (Å²) in [5.41, 5.74) is 0. The number of unbranched alkanes of at least 4 members (excludes halogenated alkanes) is 15. The summed E-state index contributed by atoms with van der Waals surface area (Å²) < 4.78 is 46.4. The van der Waals surface area contributed by atoms with Gasteiger partial charge in [-0.1, -0.05) is 103 Å². The zero-order valence-electron chi connectivity index (χ0n) is 24.0. The topological polar surface area (TPSA) is 78.9 Å². The summed E-state index contributed by atoms with van der Waals surface area (Å²) in [4.78, 5) is 4.89. The van der Waals surface area contributed by atoms with Crippen molar-refractivity contribution in [3.05, 3.63) is 0 Å². The molecule has 36 heavy (non-hydrogen) atoms. The Morgan fingerprint density at radius 3 is 1.53 bits per heavy atom. The molecule has 7 nitrogen and oxygen atoms in total. The second kappa shape index (κ2) is 24.0. The molecule has 0 radical (unpaired) electrons. The van der Waals surface area contributed by atoms with E-state index in [1.165, 1.54) is 83.5 Å². The zero-order chi connectivity index (χ0) is 27.0. The molecule has 1 atom stereocenters. The van der Waals surface area contributed by atoms with Crippen molar-refractivity contribution in [3.8, 4) is 0 Å². The highest BCUT2D eigenvalue weighted by Gasteiger charge is 2.23. The maximum Gasteiger partial charge on any atom is 0.728 e. The fourth-order valence-electron chi connectivity index (χ4n) is 4.09. The molecule has 0 saturated heterocycles. The Morgan fingerprint density at radius 1 is 0.611 bits per heavy atom. The molecule has 0 aliphatic rings. The number of hydrogen-bond donors (Lipinski definition) is 0. The van der Waals surface area contributed by atoms with E-state index in [1.54, 1.807) is 0 Å². The standard InChI is InChI=1S/C27H58NO6PS/c1-5-6-7-8-9-10-11-12-13-14-15-16-17-18-19-20-26-36(30,31)27-22-25-33-35(29)34-32-24-21-23-28(2,3)4/h5-27H2,1-4H3/q+2. The smallest absolute Gasteiger partial charge is 0.331 e. The number of quaternary nitrogens is 1. The van der Waals surface area contributed by atoms with E-state index < -0.39 is 18.1 Å². The average Bonchev–Trinajstić information content (AvgIpc) is 2.80. The highest BCUT2D eigenvalue weighted by Crippen LogP contribution is 2.24. The van der Waals surface area contributed by atoms with Gasteiger partial charge in [-0.05, 0) is 12.8 Å². The second-order valence-corrected chi connectivity index (χ2v) is 14.3. The SMILES string of the molecule is CCCCCCCCCCCCCCCCCCS(=O)(=O)CCCO[P+](=O)OOCCC[N+](C)(C)C. The van der Waals surface area contributed by atoms with E-state index in [0.29, 0.717) is 13.0 Å². The van der Waals surface area contributed by atoms with Gasteiger partial charge in [0.05, 0.1) is 50.5 Å². The maximum absolute atomic E-state index is 12.2. The van der Waals surface area contributed by atoms with Gasteiger partial charge in [0.2, 0.25) is 0 Å². The van der Waals surface area contributed by atoms with Crippen molar-refractivity contribution in [2.24, 2.45) is 0 Å². The lowest BCUT2D eigenvalue weighted by molar-refractivity contribution is -0.870. The van der Waals surface area contributed by atoms with Crippen molar-refractivity contribution in [3.63, 3.8) is 0 Å². The molecular weight excluding hydrogens is 497 g/mol. The van der Waals surface area contributed by atoms with Crippen LogP contribution in [0.2, 0.25) is 0 Å². The van der Waals surface area contributed by atoms with Crippen molar-refractivity contribution in [1.82, 2.24) is 0 Å². The van der Waals surface area contributed by atoms with Gasteiger partial charge in [-0.2, -0.15) is 4.89 Å². The van der Waals surface area contributed by atoms with Crippen LogP contribution in [0.5, 0.6) is 0 Å². The van der Waals surface area contributed by atoms with Gasteiger partial charge >= 0.3 is 8.25 Å². The van der Waals surface area contributed by atoms with Crippen molar-refractivity contribution < 1.29 is 31.6 Å². The molecule has 0 fully saturated rings. The highest BCUT2D eigenvalue weighted by molar-refractivity contribution is 7.91. The Bertz CT molecular complexity index is 610. The lowest BCUT2D eigenvalue weighted by Crippen LogP contribution is -2.35. The van der Waals surface area contributed by atoms with Crippen molar-refractivity contribution in [2.75, 3.05) is 52.4 Å². The predicted molar refractivity (Wildman–Crippen MR) is 151 cm³/mol. The predicted octanol–water partition coefficient (Wildman–Crippen LogP) is 7.77. The molecule has 0 heterocycles. The van der Waals surface area contributed by atoms with Crippen LogP contribution in [0.1, 0.15) is 122 Å². The minimum absolute atomic E-state index is 0.0548. The van der Waals surface area contributed by atoms with E-state index in [0.717, 1.165) is 36.7 Å². The molecule has 0 rings (SSSR count). The normalized spacial score (nSPS) is 12.8. The Hall–Kier alpha value is -0.110. The molecular formula is C27H58NO6PS+2. The first-order valence-electron chi connectivity index (χ1n) is 14.6. The van der Waals surface area contributed by atoms with Gasteiger partial charge in [0, 0.05) is 11.0 Å². The molecule has 0 N–H and O–H groups in total. The van der Waals surface area contributed by atoms with Crippen LogP contribution in [-0.4, -0.2) is 65.3 Å². The fourth-order valence-corrected chi connectivity index (χ4v) is 5.98. The molecule has 216 valence electrons. The zero-order valence-corrected chi connectivity index (χ0v) is 25.7. The summed E-state index contributed by atoms with van der Waals surface area (Å²) in [7, 11) is 0.786. The Balaban J connectivity index is 3.44. The molecule has 0 aromatic carbocycles. The summed E-state index contributed by atoms with van der Waals surface area (Å²) in [6.07, 6.45) is 21.5. The quantitative estimate of drug-likeness (QED) is 0.0323. The monoisotopic (exact) mass is 555 g/mol. The summed E-state index contributed by atoms with van der Waals surface area (Å²) in [6, 6.07) is 0. The van der Waals surface area contributed by atoms with Gasteiger partial charge in [0.1, 0.15) is 16.4 Å². The first kappa shape index (κ1) is 35.9. The third-order valence-electron chi connectivity index (χ3n) is 6.28. The van der Waals surface area contributed by atoms with E-state index in [4.69, 9.17) is 9.41 Å². The molecule has 0 aromatic rings. The van der Waals surface area contributed by atoms with E-state index >= 15 is 0 Å². The number of sulfone groups is 1. The molecule has 1 unspecified atom stereocenters. The highest BCUT2D eigenvalue weighted by atomic mass is 32.2. The van der Waals surface area contributed by atoms with Gasteiger partial charge in [0.15, 0.2) is 0 Å². The van der Waals surface area contributed by atoms with Crippen molar-refractivity contribution in [2.45, 2.75) is 122 Å². The molecule has 0 aliphatic carbocycles. The van der Waals surface area contributed by atoms with Crippen molar-refractivity contribution in [1.29, 1.82) is 0 Å². The molecule has 0 spiro atoms. The Labute approximate surface area is 224 Å². The first-order chi connectivity index (χ1) is 17.2. The average molecular weight is 556 g/mol. The van der Waals surface area contributed by atoms with E-state index in [9.17, 15) is 13.0 Å². The van der Waals surface area contributed by atoms with Gasteiger partial charge in [-0.15, -0.1) is 4.52 Å². The number of nitrogens with zero attached hydrogens (tertiary/aromatic N) is 1. The van der Waals surface area contributed by atoms with Crippen LogP contribution in [0.25, 0.3) is 0 Å². The third-order valence-corrected chi connectivity index (χ3v) is 8.72. The molecule has 0 bridgehead atoms. The van der Waals surface area contributed by atoms with Crippen LogP contribution in [0.3, 0.4) is 0 Å². The summed E-state index contributed by atoms with van der Waals surface area (Å²) in [5.74, 6) is 0.281. The van der Waals surface area contributed by atoms with Crippen LogP contribution in [0.15, 0.2) is 0 Å². The van der Waals surface area contributed by atoms with Crippen LogP contribution < -0.4 is 0 Å². The molecule has 0 aromatic heterocycles. The van der Waals surface area contributed by atoms with Crippen molar-refractivity contribution >= 4 is 18.1 Å². The molecule has 0 saturated carbocycles. The van der Waals surface area contributed by atoms with Gasteiger partial charge < -0.3 is 4.48 Å². The molecule has 9 heteroatoms. The Kier molecular flexibility index (Phi) is 23.9. The van der Waals surface area contributed by atoms with Crippen LogP contribution in [0.4, 0.5) is 0 Å². The largest absolute Gasteiger partial charge is 0.728 e. The fraction of sp³-hybridized carbons (Fsp3) is 1.00. The van der Waals surface area contributed by atoms with Crippen LogP contribution in [0, 0.1) is 0 Å². The van der Waals surface area contributed by atoms with E-state index in [1.807, 2.05) is 0 Å². The first-order valence-corrected chi connectivity index (χ1v) is 17.5. The second-order valence-electron chi connectivity index (χ2n) is 11.1. The van der Waals surface area contributed by atoms with E-state index in [2.05, 4.69) is 32.7 Å². The molecule has 0 aliphatic heterocycles. The number of hydrogen-bond acceptors (Lipinski definition) is 6. The van der Waals surface area contributed by atoms with Gasteiger partial charge in [-0.25, -0.2) is 8.42 Å². The third kappa shape index (κ3) is 28.5. The van der Waals surface area contributed by atoms with Gasteiger partial charge in [0.25, 0.3) is 0 Å².